The highest BCUT2D eigenvalue weighted by molar-refractivity contribution is 7.89. The topological polar surface area (TPSA) is 122 Å². The number of urea groups is 1. The Labute approximate surface area is 136 Å². The fraction of sp³-hybridized carbons (Fsp3) is 0.500. The average Bonchev–Trinajstić information content (AvgIpc) is 2.46. The molecule has 0 bridgehead atoms. The van der Waals surface area contributed by atoms with Crippen molar-refractivity contribution < 1.29 is 23.1 Å². The summed E-state index contributed by atoms with van der Waals surface area (Å²) in [4.78, 5) is 13.2. The van der Waals surface area contributed by atoms with Gasteiger partial charge in [0.2, 0.25) is 10.0 Å². The fourth-order valence-corrected chi connectivity index (χ4v) is 2.45. The second kappa shape index (κ2) is 8.82. The minimum Gasteiger partial charge on any atom is -0.389 e. The number of primary sulfonamides is 1. The normalized spacial score (nSPS) is 12.7. The van der Waals surface area contributed by atoms with Crippen molar-refractivity contribution in [3.05, 3.63) is 29.8 Å². The van der Waals surface area contributed by atoms with Gasteiger partial charge in [0.15, 0.2) is 0 Å². The number of hydrogen-bond acceptors (Lipinski definition) is 5. The van der Waals surface area contributed by atoms with Crippen LogP contribution in [0.15, 0.2) is 29.2 Å². The van der Waals surface area contributed by atoms with E-state index in [2.05, 4.69) is 5.32 Å². The number of nitrogens with one attached hydrogen (secondary N) is 1. The first kappa shape index (κ1) is 19.4. The third-order valence-corrected chi connectivity index (χ3v) is 4.06. The number of nitrogens with zero attached hydrogens (tertiary/aromatic N) is 1. The van der Waals surface area contributed by atoms with Crippen molar-refractivity contribution in [1.82, 2.24) is 10.2 Å². The third-order valence-electron chi connectivity index (χ3n) is 3.13. The van der Waals surface area contributed by atoms with Gasteiger partial charge in [-0.1, -0.05) is 12.1 Å². The zero-order chi connectivity index (χ0) is 17.5. The van der Waals surface area contributed by atoms with Crippen molar-refractivity contribution in [2.45, 2.75) is 17.4 Å². The highest BCUT2D eigenvalue weighted by Crippen LogP contribution is 2.08. The van der Waals surface area contributed by atoms with Gasteiger partial charge in [0.25, 0.3) is 0 Å². The maximum atomic E-state index is 11.8. The molecule has 0 aliphatic heterocycles. The average molecular weight is 345 g/mol. The number of likely N-dealkylation sites (N-methyl/N-ethyl adjacent to an activating group) is 1. The van der Waals surface area contributed by atoms with Crippen molar-refractivity contribution in [2.24, 2.45) is 5.14 Å². The fourth-order valence-electron chi connectivity index (χ4n) is 1.94. The number of aliphatic hydroxyl groups is 1. The predicted octanol–water partition coefficient (Wildman–Crippen LogP) is -0.475. The standard InChI is InChI=1S/C14H23N3O5S/c1-17(9-12(18)10-22-2)14(19)16-8-7-11-3-5-13(6-4-11)23(15,20)21/h3-6,12,18H,7-10H2,1-2H3,(H,16,19)(H2,15,20,21)/t12-/m0/s1. The molecule has 0 heterocycles. The van der Waals surface area contributed by atoms with E-state index in [9.17, 15) is 18.3 Å². The molecule has 4 N–H and O–H groups in total. The van der Waals surface area contributed by atoms with Crippen LogP contribution >= 0.6 is 0 Å². The summed E-state index contributed by atoms with van der Waals surface area (Å²) in [5.74, 6) is 0. The Hall–Kier alpha value is -1.68. The highest BCUT2D eigenvalue weighted by atomic mass is 32.2. The maximum absolute atomic E-state index is 11.8. The minimum atomic E-state index is -3.69. The van der Waals surface area contributed by atoms with Gasteiger partial charge < -0.3 is 20.1 Å². The van der Waals surface area contributed by atoms with Crippen LogP contribution in [0.3, 0.4) is 0 Å². The summed E-state index contributed by atoms with van der Waals surface area (Å²) in [7, 11) is -0.636. The Morgan fingerprint density at radius 2 is 2.00 bits per heavy atom. The quantitative estimate of drug-likeness (QED) is 0.588. The number of benzene rings is 1. The second-order valence-corrected chi connectivity index (χ2v) is 6.72. The molecule has 0 aromatic heterocycles. The highest BCUT2D eigenvalue weighted by Gasteiger charge is 2.13. The Balaban J connectivity index is 2.40. The number of ether oxygens (including phenoxy) is 1. The Morgan fingerprint density at radius 1 is 1.39 bits per heavy atom. The largest absolute Gasteiger partial charge is 0.389 e. The lowest BCUT2D eigenvalue weighted by Gasteiger charge is -2.20. The molecule has 0 spiro atoms. The molecule has 0 saturated carbocycles. The van der Waals surface area contributed by atoms with Crippen LogP contribution in [0.4, 0.5) is 4.79 Å². The summed E-state index contributed by atoms with van der Waals surface area (Å²) in [5.41, 5.74) is 0.875. The van der Waals surface area contributed by atoms with Crippen molar-refractivity contribution in [3.63, 3.8) is 0 Å². The zero-order valence-corrected chi connectivity index (χ0v) is 14.0. The van der Waals surface area contributed by atoms with Crippen molar-refractivity contribution >= 4 is 16.1 Å². The number of amides is 2. The SMILES string of the molecule is COC[C@@H](O)CN(C)C(=O)NCCc1ccc(S(N)(=O)=O)cc1. The molecule has 1 atom stereocenters. The van der Waals surface area contributed by atoms with Crippen LogP contribution in [0.25, 0.3) is 0 Å². The number of carbonyl (C=O) groups excluding carboxylic acids is 1. The van der Waals surface area contributed by atoms with E-state index in [1.54, 1.807) is 19.2 Å². The summed E-state index contributed by atoms with van der Waals surface area (Å²) < 4.78 is 27.1. The second-order valence-electron chi connectivity index (χ2n) is 5.16. The predicted molar refractivity (Wildman–Crippen MR) is 85.4 cm³/mol. The van der Waals surface area contributed by atoms with Gasteiger partial charge in [-0.3, -0.25) is 0 Å². The monoisotopic (exact) mass is 345 g/mol. The van der Waals surface area contributed by atoms with Crippen LogP contribution in [0.1, 0.15) is 5.56 Å². The maximum Gasteiger partial charge on any atom is 0.317 e. The van der Waals surface area contributed by atoms with Gasteiger partial charge in [-0.2, -0.15) is 0 Å². The number of carbonyl (C=O) groups is 1. The first-order valence-electron chi connectivity index (χ1n) is 7.01. The van der Waals surface area contributed by atoms with Gasteiger partial charge in [-0.05, 0) is 24.1 Å². The molecule has 8 nitrogen and oxygen atoms in total. The summed E-state index contributed by atoms with van der Waals surface area (Å²) in [6, 6.07) is 5.86. The van der Waals surface area contributed by atoms with E-state index in [1.165, 1.54) is 24.1 Å². The van der Waals surface area contributed by atoms with E-state index in [4.69, 9.17) is 9.88 Å². The molecular formula is C14H23N3O5S. The molecule has 23 heavy (non-hydrogen) atoms. The van der Waals surface area contributed by atoms with E-state index in [0.29, 0.717) is 13.0 Å². The van der Waals surface area contributed by atoms with Crippen molar-refractivity contribution in [3.8, 4) is 0 Å². The number of sulfonamides is 1. The summed E-state index contributed by atoms with van der Waals surface area (Å²) in [6.07, 6.45) is -0.188. The third kappa shape index (κ3) is 6.95. The molecule has 1 rings (SSSR count). The number of nitrogens with two attached hydrogens (primary N) is 1. The smallest absolute Gasteiger partial charge is 0.317 e. The summed E-state index contributed by atoms with van der Waals surface area (Å²) >= 11 is 0. The van der Waals surface area contributed by atoms with Crippen LogP contribution in [0, 0.1) is 0 Å². The first-order chi connectivity index (χ1) is 10.7. The van der Waals surface area contributed by atoms with Gasteiger partial charge in [0, 0.05) is 20.7 Å². The van der Waals surface area contributed by atoms with E-state index in [1.807, 2.05) is 0 Å². The molecule has 0 radical (unpaired) electrons. The van der Waals surface area contributed by atoms with Crippen LogP contribution in [-0.4, -0.2) is 64.4 Å². The van der Waals surface area contributed by atoms with Gasteiger partial charge in [-0.15, -0.1) is 0 Å². The van der Waals surface area contributed by atoms with Gasteiger partial charge in [0.05, 0.1) is 24.2 Å². The molecule has 1 aromatic rings. The van der Waals surface area contributed by atoms with Crippen LogP contribution in [-0.2, 0) is 21.2 Å². The van der Waals surface area contributed by atoms with Crippen LogP contribution in [0.5, 0.6) is 0 Å². The molecule has 1 aromatic carbocycles. The molecule has 0 unspecified atom stereocenters. The molecule has 0 saturated heterocycles. The lowest BCUT2D eigenvalue weighted by Crippen LogP contribution is -2.42. The van der Waals surface area contributed by atoms with Gasteiger partial charge >= 0.3 is 6.03 Å². The first-order valence-corrected chi connectivity index (χ1v) is 8.56. The van der Waals surface area contributed by atoms with E-state index < -0.39 is 16.1 Å². The summed E-state index contributed by atoms with van der Waals surface area (Å²) in [6.45, 7) is 0.717. The van der Waals surface area contributed by atoms with E-state index >= 15 is 0 Å². The molecule has 0 fully saturated rings. The Morgan fingerprint density at radius 3 is 2.52 bits per heavy atom. The number of rotatable bonds is 8. The van der Waals surface area contributed by atoms with E-state index in [-0.39, 0.29) is 24.1 Å². The lowest BCUT2D eigenvalue weighted by molar-refractivity contribution is 0.0490. The molecular weight excluding hydrogens is 322 g/mol. The Bertz CT molecular complexity index is 603. The van der Waals surface area contributed by atoms with Crippen LogP contribution in [0.2, 0.25) is 0 Å². The summed E-state index contributed by atoms with van der Waals surface area (Å²) in [5, 5.41) is 17.3. The van der Waals surface area contributed by atoms with E-state index in [0.717, 1.165) is 5.56 Å². The van der Waals surface area contributed by atoms with Gasteiger partial charge in [-0.25, -0.2) is 18.4 Å². The van der Waals surface area contributed by atoms with Crippen molar-refractivity contribution in [2.75, 3.05) is 33.9 Å². The number of hydrogen-bond donors (Lipinski definition) is 3. The number of methoxy groups -OCH3 is 1. The zero-order valence-electron chi connectivity index (χ0n) is 13.2. The number of aliphatic hydroxyl groups excluding tert-OH is 1. The molecule has 130 valence electrons. The van der Waals surface area contributed by atoms with Gasteiger partial charge in [0.1, 0.15) is 0 Å². The molecule has 2 amide bonds. The minimum absolute atomic E-state index is 0.0529. The molecule has 0 aliphatic carbocycles. The lowest BCUT2D eigenvalue weighted by atomic mass is 10.1. The van der Waals surface area contributed by atoms with Crippen molar-refractivity contribution in [1.29, 1.82) is 0 Å². The Kier molecular flexibility index (Phi) is 7.43. The molecule has 0 aliphatic rings. The van der Waals surface area contributed by atoms with Crippen LogP contribution < -0.4 is 10.5 Å². The molecule has 9 heteroatoms.